The Labute approximate surface area is 194 Å². The monoisotopic (exact) mass is 538 g/mol. The van der Waals surface area contributed by atoms with Crippen molar-refractivity contribution in [2.75, 3.05) is 25.4 Å². The molecule has 1 aromatic carbocycles. The van der Waals surface area contributed by atoms with E-state index in [1.54, 1.807) is 0 Å². The molecule has 0 aliphatic carbocycles. The van der Waals surface area contributed by atoms with Gasteiger partial charge in [0.25, 0.3) is 0 Å². The molecule has 0 spiro atoms. The van der Waals surface area contributed by atoms with E-state index in [-0.39, 0.29) is 24.0 Å². The Morgan fingerprint density at radius 1 is 1.10 bits per heavy atom. The normalized spacial score (nSPS) is 13.1. The maximum absolute atomic E-state index is 12.3. The van der Waals surface area contributed by atoms with Gasteiger partial charge in [0, 0.05) is 23.7 Å². The second kappa shape index (κ2) is 13.0. The first-order valence-corrected chi connectivity index (χ1v) is 10.8. The van der Waals surface area contributed by atoms with E-state index in [0.29, 0.717) is 31.3 Å². The summed E-state index contributed by atoms with van der Waals surface area (Å²) in [6, 6.07) is 9.39. The predicted molar refractivity (Wildman–Crippen MR) is 131 cm³/mol. The number of hydrogen-bond acceptors (Lipinski definition) is 4. The Morgan fingerprint density at radius 3 is 2.28 bits per heavy atom. The Balaban J connectivity index is 0.00000784. The average molecular weight is 538 g/mol. The zero-order valence-electron chi connectivity index (χ0n) is 18.2. The van der Waals surface area contributed by atoms with Gasteiger partial charge in [0.05, 0.1) is 22.9 Å². The number of carbonyl (C=O) groups is 1. The zero-order chi connectivity index (χ0) is 21.2. The van der Waals surface area contributed by atoms with E-state index in [1.165, 1.54) is 0 Å². The lowest BCUT2D eigenvalue weighted by Crippen LogP contribution is -2.49. The number of benzene rings is 1. The molecule has 7 nitrogen and oxygen atoms in total. The molecule has 0 fully saturated rings. The van der Waals surface area contributed by atoms with Crippen LogP contribution >= 0.6 is 24.0 Å². The van der Waals surface area contributed by atoms with Crippen molar-refractivity contribution in [3.63, 3.8) is 0 Å². The number of alkyl carbamates (subject to hydrolysis) is 1. The first kappa shape index (κ1) is 27.6. The van der Waals surface area contributed by atoms with Crippen molar-refractivity contribution in [1.82, 2.24) is 16.0 Å². The van der Waals surface area contributed by atoms with Gasteiger partial charge in [-0.25, -0.2) is 4.79 Å². The van der Waals surface area contributed by atoms with Gasteiger partial charge in [0.1, 0.15) is 5.60 Å². The molecule has 0 aliphatic rings. The predicted octanol–water partition coefficient (Wildman–Crippen LogP) is 3.27. The topological polar surface area (TPSA) is 91.8 Å². The molecule has 3 N–H and O–H groups in total. The van der Waals surface area contributed by atoms with Gasteiger partial charge in [0.2, 0.25) is 0 Å². The molecule has 166 valence electrons. The number of halogens is 1. The van der Waals surface area contributed by atoms with E-state index in [2.05, 4.69) is 20.9 Å². The fraction of sp³-hybridized carbons (Fsp3) is 0.600. The zero-order valence-corrected chi connectivity index (χ0v) is 21.4. The fourth-order valence-corrected chi connectivity index (χ4v) is 3.17. The van der Waals surface area contributed by atoms with Crippen LogP contribution in [0, 0.1) is 0 Å². The highest BCUT2D eigenvalue weighted by Crippen LogP contribution is 2.10. The van der Waals surface area contributed by atoms with E-state index < -0.39 is 28.0 Å². The van der Waals surface area contributed by atoms with Gasteiger partial charge >= 0.3 is 6.09 Å². The number of amides is 1. The molecule has 1 rings (SSSR count). The molecule has 1 aromatic rings. The standard InChI is InChI=1S/C20H34N4O3S.HI/c1-7-21-17(22-13-14-28(26)16-11-9-8-10-12-16)23-15-20(5,6)24-18(25)27-19(2,3)4;/h8-12H,7,13-15H2,1-6H3,(H,24,25)(H2,21,22,23);1H. The van der Waals surface area contributed by atoms with Crippen molar-refractivity contribution in [3.05, 3.63) is 30.3 Å². The first-order chi connectivity index (χ1) is 13.0. The highest BCUT2D eigenvalue weighted by atomic mass is 127. The quantitative estimate of drug-likeness (QED) is 0.269. The van der Waals surface area contributed by atoms with Crippen molar-refractivity contribution in [2.45, 2.75) is 57.6 Å². The second-order valence-electron chi connectivity index (χ2n) is 8.00. The lowest BCUT2D eigenvalue weighted by Gasteiger charge is -2.27. The summed E-state index contributed by atoms with van der Waals surface area (Å²) in [5.41, 5.74) is -1.12. The summed E-state index contributed by atoms with van der Waals surface area (Å²) in [5.74, 6) is 1.10. The van der Waals surface area contributed by atoms with Gasteiger partial charge in [-0.15, -0.1) is 24.0 Å². The van der Waals surface area contributed by atoms with Crippen molar-refractivity contribution < 1.29 is 13.7 Å². The lowest BCUT2D eigenvalue weighted by atomic mass is 10.1. The molecule has 0 radical (unpaired) electrons. The third kappa shape index (κ3) is 12.7. The van der Waals surface area contributed by atoms with Crippen LogP contribution in [-0.2, 0) is 15.5 Å². The molecular weight excluding hydrogens is 503 g/mol. The second-order valence-corrected chi connectivity index (χ2v) is 9.57. The Morgan fingerprint density at radius 2 is 1.72 bits per heavy atom. The number of carbonyl (C=O) groups excluding carboxylic acids is 1. The van der Waals surface area contributed by atoms with Gasteiger partial charge < -0.3 is 20.7 Å². The molecule has 9 heteroatoms. The molecule has 1 amide bonds. The summed E-state index contributed by atoms with van der Waals surface area (Å²) in [6.45, 7) is 12.8. The van der Waals surface area contributed by atoms with E-state index >= 15 is 0 Å². The van der Waals surface area contributed by atoms with Crippen LogP contribution in [0.3, 0.4) is 0 Å². The minimum Gasteiger partial charge on any atom is -0.444 e. The molecule has 0 saturated heterocycles. The Bertz CT molecular complexity index is 676. The number of rotatable bonds is 8. The minimum atomic E-state index is -1.06. The fourth-order valence-electron chi connectivity index (χ4n) is 2.19. The van der Waals surface area contributed by atoms with Crippen molar-refractivity contribution in [1.29, 1.82) is 0 Å². The molecule has 0 saturated carbocycles. The molecule has 1 unspecified atom stereocenters. The third-order valence-electron chi connectivity index (χ3n) is 3.40. The third-order valence-corrected chi connectivity index (χ3v) is 4.77. The molecule has 1 atom stereocenters. The van der Waals surface area contributed by atoms with Crippen LogP contribution in [0.2, 0.25) is 0 Å². The number of hydrogen-bond donors (Lipinski definition) is 3. The van der Waals surface area contributed by atoms with Gasteiger partial charge in [-0.1, -0.05) is 18.2 Å². The van der Waals surface area contributed by atoms with E-state index in [9.17, 15) is 9.00 Å². The maximum atomic E-state index is 12.3. The smallest absolute Gasteiger partial charge is 0.408 e. The van der Waals surface area contributed by atoms with E-state index in [1.807, 2.05) is 71.9 Å². The largest absolute Gasteiger partial charge is 0.444 e. The lowest BCUT2D eigenvalue weighted by molar-refractivity contribution is 0.0476. The van der Waals surface area contributed by atoms with Crippen LogP contribution in [0.15, 0.2) is 40.2 Å². The summed E-state index contributed by atoms with van der Waals surface area (Å²) >= 11 is 0. The van der Waals surface area contributed by atoms with Gasteiger partial charge in [0.15, 0.2) is 5.96 Å². The highest BCUT2D eigenvalue weighted by Gasteiger charge is 2.24. The number of nitrogens with one attached hydrogen (secondary N) is 3. The van der Waals surface area contributed by atoms with Crippen LogP contribution in [0.4, 0.5) is 4.79 Å². The average Bonchev–Trinajstić information content (AvgIpc) is 2.58. The summed E-state index contributed by atoms with van der Waals surface area (Å²) in [4.78, 5) is 17.3. The van der Waals surface area contributed by atoms with Crippen LogP contribution in [-0.4, -0.2) is 52.8 Å². The summed E-state index contributed by atoms with van der Waals surface area (Å²) in [5, 5.41) is 9.18. The first-order valence-electron chi connectivity index (χ1n) is 9.49. The van der Waals surface area contributed by atoms with Crippen LogP contribution in [0.25, 0.3) is 0 Å². The molecule has 0 aliphatic heterocycles. The van der Waals surface area contributed by atoms with Crippen molar-refractivity contribution in [3.8, 4) is 0 Å². The molecule has 0 bridgehead atoms. The van der Waals surface area contributed by atoms with Crippen LogP contribution < -0.4 is 16.0 Å². The highest BCUT2D eigenvalue weighted by molar-refractivity contribution is 14.0. The van der Waals surface area contributed by atoms with E-state index in [4.69, 9.17) is 4.74 Å². The van der Waals surface area contributed by atoms with Crippen molar-refractivity contribution in [2.24, 2.45) is 4.99 Å². The minimum absolute atomic E-state index is 0. The number of nitrogens with zero attached hydrogens (tertiary/aromatic N) is 1. The molecule has 0 heterocycles. The van der Waals surface area contributed by atoms with E-state index in [0.717, 1.165) is 4.90 Å². The number of guanidine groups is 1. The Hall–Kier alpha value is -1.36. The van der Waals surface area contributed by atoms with Gasteiger partial charge in [-0.2, -0.15) is 0 Å². The summed E-state index contributed by atoms with van der Waals surface area (Å²) < 4.78 is 17.6. The molecule has 0 aromatic heterocycles. The van der Waals surface area contributed by atoms with Gasteiger partial charge in [-0.3, -0.25) is 9.20 Å². The molecule has 29 heavy (non-hydrogen) atoms. The van der Waals surface area contributed by atoms with Crippen LogP contribution in [0.5, 0.6) is 0 Å². The Kier molecular flexibility index (Phi) is 12.4. The van der Waals surface area contributed by atoms with Crippen LogP contribution in [0.1, 0.15) is 41.5 Å². The number of aliphatic imine (C=N–C) groups is 1. The van der Waals surface area contributed by atoms with Crippen molar-refractivity contribution >= 4 is 46.8 Å². The molecular formula is C20H35IN4O3S. The number of ether oxygens (including phenoxy) is 1. The summed E-state index contributed by atoms with van der Waals surface area (Å²) in [6.07, 6.45) is -0.469. The van der Waals surface area contributed by atoms with Gasteiger partial charge in [-0.05, 0) is 53.7 Å². The SMILES string of the molecule is CCNC(=NCC(C)(C)NC(=O)OC(C)(C)C)NCCS(=O)c1ccccc1.I. The summed E-state index contributed by atoms with van der Waals surface area (Å²) in [7, 11) is -1.06. The maximum Gasteiger partial charge on any atom is 0.408 e.